The summed E-state index contributed by atoms with van der Waals surface area (Å²) in [6.45, 7) is 4.87. The van der Waals surface area contributed by atoms with E-state index in [4.69, 9.17) is 17.3 Å². The van der Waals surface area contributed by atoms with Gasteiger partial charge in [0.25, 0.3) is 0 Å². The van der Waals surface area contributed by atoms with E-state index < -0.39 is 0 Å². The predicted molar refractivity (Wildman–Crippen MR) is 69.1 cm³/mol. The van der Waals surface area contributed by atoms with Crippen molar-refractivity contribution in [1.82, 2.24) is 4.90 Å². The number of anilines is 1. The molecule has 1 aliphatic rings. The first-order chi connectivity index (χ1) is 7.70. The van der Waals surface area contributed by atoms with Crippen LogP contribution >= 0.6 is 11.6 Å². The first-order valence-electron chi connectivity index (χ1n) is 5.62. The van der Waals surface area contributed by atoms with Crippen molar-refractivity contribution < 1.29 is 0 Å². The second-order valence-corrected chi connectivity index (χ2v) is 4.70. The van der Waals surface area contributed by atoms with Crippen molar-refractivity contribution in [2.45, 2.75) is 6.54 Å². The molecule has 0 bridgehead atoms. The Morgan fingerprint density at radius 1 is 1.25 bits per heavy atom. The quantitative estimate of drug-likeness (QED) is 0.850. The average Bonchev–Trinajstić information content (AvgIpc) is 2.30. The molecule has 2 N–H and O–H groups in total. The lowest BCUT2D eigenvalue weighted by molar-refractivity contribution is 0.312. The lowest BCUT2D eigenvalue weighted by Crippen LogP contribution is -2.44. The van der Waals surface area contributed by atoms with E-state index in [0.717, 1.165) is 36.8 Å². The Kier molecular flexibility index (Phi) is 3.69. The van der Waals surface area contributed by atoms with Crippen molar-refractivity contribution in [2.75, 3.05) is 38.1 Å². The van der Waals surface area contributed by atoms with Crippen molar-refractivity contribution >= 4 is 17.3 Å². The molecule has 1 aromatic carbocycles. The van der Waals surface area contributed by atoms with Gasteiger partial charge in [0.05, 0.1) is 0 Å². The van der Waals surface area contributed by atoms with Crippen LogP contribution in [0.4, 0.5) is 5.69 Å². The van der Waals surface area contributed by atoms with E-state index in [1.54, 1.807) is 0 Å². The normalized spacial score (nSPS) is 17.8. The number of nitrogens with two attached hydrogens (primary N) is 1. The topological polar surface area (TPSA) is 32.5 Å². The third kappa shape index (κ3) is 2.48. The molecule has 0 aliphatic carbocycles. The zero-order chi connectivity index (χ0) is 11.5. The van der Waals surface area contributed by atoms with Gasteiger partial charge in [-0.2, -0.15) is 0 Å². The van der Waals surface area contributed by atoms with Crippen LogP contribution in [0.1, 0.15) is 5.56 Å². The van der Waals surface area contributed by atoms with E-state index in [1.165, 1.54) is 5.69 Å². The standard InChI is InChI=1S/C12H18ClN3/c1-15-4-6-16(7-5-15)12-3-2-11(13)8-10(12)9-14/h2-3,8H,4-7,9,14H2,1H3. The molecule has 0 atom stereocenters. The minimum atomic E-state index is 0.544. The smallest absolute Gasteiger partial charge is 0.0413 e. The fourth-order valence-electron chi connectivity index (χ4n) is 2.07. The van der Waals surface area contributed by atoms with Gasteiger partial charge < -0.3 is 15.5 Å². The summed E-state index contributed by atoms with van der Waals surface area (Å²) in [5.41, 5.74) is 8.13. The summed E-state index contributed by atoms with van der Waals surface area (Å²) in [5.74, 6) is 0. The summed E-state index contributed by atoms with van der Waals surface area (Å²) in [7, 11) is 2.16. The van der Waals surface area contributed by atoms with E-state index in [9.17, 15) is 0 Å². The molecular formula is C12H18ClN3. The summed E-state index contributed by atoms with van der Waals surface area (Å²) in [4.78, 5) is 4.73. The van der Waals surface area contributed by atoms with E-state index in [-0.39, 0.29) is 0 Å². The number of halogens is 1. The lowest BCUT2D eigenvalue weighted by atomic mass is 10.1. The van der Waals surface area contributed by atoms with E-state index >= 15 is 0 Å². The van der Waals surface area contributed by atoms with E-state index in [1.807, 2.05) is 12.1 Å². The molecule has 0 spiro atoms. The molecule has 3 nitrogen and oxygen atoms in total. The number of benzene rings is 1. The highest BCUT2D eigenvalue weighted by Gasteiger charge is 2.16. The van der Waals surface area contributed by atoms with Gasteiger partial charge in [-0.25, -0.2) is 0 Å². The maximum absolute atomic E-state index is 5.98. The molecule has 0 saturated carbocycles. The highest BCUT2D eigenvalue weighted by molar-refractivity contribution is 6.30. The maximum atomic E-state index is 5.98. The van der Waals surface area contributed by atoms with Crippen molar-refractivity contribution in [3.8, 4) is 0 Å². The molecule has 0 unspecified atom stereocenters. The molecule has 1 saturated heterocycles. The second-order valence-electron chi connectivity index (χ2n) is 4.27. The van der Waals surface area contributed by atoms with Gasteiger partial charge in [-0.15, -0.1) is 0 Å². The molecule has 1 aliphatic heterocycles. The third-order valence-corrected chi connectivity index (χ3v) is 3.34. The number of hydrogen-bond donors (Lipinski definition) is 1. The fraction of sp³-hybridized carbons (Fsp3) is 0.500. The van der Waals surface area contributed by atoms with Gasteiger partial charge in [-0.3, -0.25) is 0 Å². The maximum Gasteiger partial charge on any atom is 0.0413 e. The van der Waals surface area contributed by atoms with Crippen LogP contribution < -0.4 is 10.6 Å². The Balaban J connectivity index is 2.19. The number of nitrogens with zero attached hydrogens (tertiary/aromatic N) is 2. The summed E-state index contributed by atoms with van der Waals surface area (Å²) in [6, 6.07) is 5.99. The number of hydrogen-bond acceptors (Lipinski definition) is 3. The molecule has 1 heterocycles. The minimum absolute atomic E-state index is 0.544. The van der Waals surface area contributed by atoms with Gasteiger partial charge in [0.1, 0.15) is 0 Å². The van der Waals surface area contributed by atoms with Crippen LogP contribution in [0.15, 0.2) is 18.2 Å². The molecular weight excluding hydrogens is 222 g/mol. The second kappa shape index (κ2) is 5.04. The van der Waals surface area contributed by atoms with Crippen LogP contribution in [0.2, 0.25) is 5.02 Å². The first-order valence-corrected chi connectivity index (χ1v) is 6.00. The molecule has 0 amide bonds. The minimum Gasteiger partial charge on any atom is -0.369 e. The van der Waals surface area contributed by atoms with Crippen LogP contribution in [-0.4, -0.2) is 38.1 Å². The third-order valence-electron chi connectivity index (χ3n) is 3.11. The van der Waals surface area contributed by atoms with E-state index in [0.29, 0.717) is 6.54 Å². The Hall–Kier alpha value is -0.770. The summed E-state index contributed by atoms with van der Waals surface area (Å²) < 4.78 is 0. The van der Waals surface area contributed by atoms with Crippen LogP contribution in [0.3, 0.4) is 0 Å². The molecule has 4 heteroatoms. The van der Waals surface area contributed by atoms with Crippen molar-refractivity contribution in [1.29, 1.82) is 0 Å². The highest BCUT2D eigenvalue weighted by Crippen LogP contribution is 2.24. The molecule has 2 rings (SSSR count). The zero-order valence-electron chi connectivity index (χ0n) is 9.62. The highest BCUT2D eigenvalue weighted by atomic mass is 35.5. The Labute approximate surface area is 102 Å². The number of piperazine rings is 1. The van der Waals surface area contributed by atoms with E-state index in [2.05, 4.69) is 22.9 Å². The molecule has 1 fully saturated rings. The van der Waals surface area contributed by atoms with Crippen molar-refractivity contribution in [3.63, 3.8) is 0 Å². The predicted octanol–water partition coefficient (Wildman–Crippen LogP) is 1.55. The van der Waals surface area contributed by atoms with Gasteiger partial charge in [-0.05, 0) is 30.8 Å². The zero-order valence-corrected chi connectivity index (χ0v) is 10.4. The van der Waals surface area contributed by atoms with Crippen LogP contribution in [0.5, 0.6) is 0 Å². The number of likely N-dealkylation sites (N-methyl/N-ethyl adjacent to an activating group) is 1. The van der Waals surface area contributed by atoms with Crippen LogP contribution in [0.25, 0.3) is 0 Å². The molecule has 16 heavy (non-hydrogen) atoms. The average molecular weight is 240 g/mol. The van der Waals surface area contributed by atoms with Crippen molar-refractivity contribution in [3.05, 3.63) is 28.8 Å². The fourth-order valence-corrected chi connectivity index (χ4v) is 2.27. The Morgan fingerprint density at radius 3 is 2.56 bits per heavy atom. The van der Waals surface area contributed by atoms with Gasteiger partial charge in [0.2, 0.25) is 0 Å². The molecule has 0 aromatic heterocycles. The van der Waals surface area contributed by atoms with Crippen molar-refractivity contribution in [2.24, 2.45) is 5.73 Å². The van der Waals surface area contributed by atoms with Gasteiger partial charge in [0.15, 0.2) is 0 Å². The molecule has 0 radical (unpaired) electrons. The Bertz CT molecular complexity index is 359. The summed E-state index contributed by atoms with van der Waals surface area (Å²) in [6.07, 6.45) is 0. The summed E-state index contributed by atoms with van der Waals surface area (Å²) in [5, 5.41) is 0.762. The Morgan fingerprint density at radius 2 is 1.94 bits per heavy atom. The van der Waals surface area contributed by atoms with Gasteiger partial charge >= 0.3 is 0 Å². The van der Waals surface area contributed by atoms with Gasteiger partial charge in [0, 0.05) is 43.4 Å². The monoisotopic (exact) mass is 239 g/mol. The molecule has 88 valence electrons. The summed E-state index contributed by atoms with van der Waals surface area (Å²) >= 11 is 5.98. The SMILES string of the molecule is CN1CCN(c2ccc(Cl)cc2CN)CC1. The molecule has 1 aromatic rings. The first kappa shape index (κ1) is 11.7. The van der Waals surface area contributed by atoms with Gasteiger partial charge in [-0.1, -0.05) is 11.6 Å². The van der Waals surface area contributed by atoms with Crippen LogP contribution in [-0.2, 0) is 6.54 Å². The largest absolute Gasteiger partial charge is 0.369 e. The van der Waals surface area contributed by atoms with Crippen LogP contribution in [0, 0.1) is 0 Å². The lowest BCUT2D eigenvalue weighted by Gasteiger charge is -2.35. The number of rotatable bonds is 2.